The number of benzene rings is 3. The summed E-state index contributed by atoms with van der Waals surface area (Å²) in [5.41, 5.74) is 2.24. The molecular formula is C23H14F3N3. The fraction of sp³-hybridized carbons (Fsp3) is 0.0435. The molecule has 29 heavy (non-hydrogen) atoms. The van der Waals surface area contributed by atoms with E-state index in [2.05, 4.69) is 9.97 Å². The molecule has 5 rings (SSSR count). The van der Waals surface area contributed by atoms with Crippen molar-refractivity contribution >= 4 is 21.8 Å². The summed E-state index contributed by atoms with van der Waals surface area (Å²) in [6.07, 6.45) is -3.14. The van der Waals surface area contributed by atoms with Crippen LogP contribution in [-0.4, -0.2) is 14.5 Å². The average Bonchev–Trinajstić information content (AvgIpc) is 3.14. The monoisotopic (exact) mass is 389 g/mol. The molecule has 0 saturated heterocycles. The molecule has 5 aromatic rings. The zero-order chi connectivity index (χ0) is 20.0. The van der Waals surface area contributed by atoms with E-state index in [0.717, 1.165) is 16.3 Å². The van der Waals surface area contributed by atoms with E-state index >= 15 is 0 Å². The molecule has 142 valence electrons. The van der Waals surface area contributed by atoms with Crippen molar-refractivity contribution in [2.45, 2.75) is 6.30 Å². The van der Waals surface area contributed by atoms with Crippen molar-refractivity contribution in [3.63, 3.8) is 0 Å². The van der Waals surface area contributed by atoms with Gasteiger partial charge in [-0.15, -0.1) is 13.2 Å². The van der Waals surface area contributed by atoms with Gasteiger partial charge in [-0.2, -0.15) is 0 Å². The molecule has 0 N–H and O–H groups in total. The van der Waals surface area contributed by atoms with Crippen molar-refractivity contribution in [2.75, 3.05) is 0 Å². The molecule has 0 aliphatic heterocycles. The van der Waals surface area contributed by atoms with Gasteiger partial charge in [-0.1, -0.05) is 54.6 Å². The molecule has 2 heterocycles. The van der Waals surface area contributed by atoms with Crippen LogP contribution in [0.1, 0.15) is 0 Å². The molecule has 0 aliphatic carbocycles. The van der Waals surface area contributed by atoms with Crippen LogP contribution in [0.25, 0.3) is 44.5 Å². The SMILES string of the molecule is FC(F)(F)n1c(-c2ccc(-c3cccc4ccccc34)nc2)nc2ccccc21. The van der Waals surface area contributed by atoms with Crippen LogP contribution in [0.5, 0.6) is 0 Å². The normalized spacial score (nSPS) is 12.0. The third-order valence-electron chi connectivity index (χ3n) is 4.90. The fourth-order valence-electron chi connectivity index (χ4n) is 3.61. The summed E-state index contributed by atoms with van der Waals surface area (Å²) in [5.74, 6) is -0.171. The van der Waals surface area contributed by atoms with Gasteiger partial charge in [-0.3, -0.25) is 4.98 Å². The van der Waals surface area contributed by atoms with Crippen molar-refractivity contribution < 1.29 is 13.2 Å². The number of imidazole rings is 1. The van der Waals surface area contributed by atoms with Crippen molar-refractivity contribution in [3.8, 4) is 22.6 Å². The molecule has 3 aromatic carbocycles. The lowest BCUT2D eigenvalue weighted by molar-refractivity contribution is -0.199. The number of fused-ring (bicyclic) bond motifs is 2. The minimum atomic E-state index is -4.58. The first-order valence-electron chi connectivity index (χ1n) is 9.01. The molecule has 6 heteroatoms. The number of para-hydroxylation sites is 2. The molecule has 3 nitrogen and oxygen atoms in total. The maximum Gasteiger partial charge on any atom is 0.490 e. The quantitative estimate of drug-likeness (QED) is 0.350. The van der Waals surface area contributed by atoms with Crippen LogP contribution in [-0.2, 0) is 6.30 Å². The summed E-state index contributed by atoms with van der Waals surface area (Å²) in [7, 11) is 0. The lowest BCUT2D eigenvalue weighted by atomic mass is 10.0. The number of nitrogens with zero attached hydrogens (tertiary/aromatic N) is 3. The summed E-state index contributed by atoms with van der Waals surface area (Å²) >= 11 is 0. The standard InChI is InChI=1S/C23H14F3N3/c24-23(25,26)29-21-11-4-3-10-20(21)28-22(29)16-12-13-19(27-14-16)18-9-5-7-15-6-1-2-8-17(15)18/h1-14H. The van der Waals surface area contributed by atoms with E-state index in [9.17, 15) is 13.2 Å². The Labute approximate surface area is 164 Å². The molecule has 0 saturated carbocycles. The van der Waals surface area contributed by atoms with Crippen LogP contribution in [0, 0.1) is 0 Å². The Hall–Kier alpha value is -3.67. The van der Waals surface area contributed by atoms with E-state index in [-0.39, 0.29) is 16.9 Å². The Balaban J connectivity index is 1.65. The summed E-state index contributed by atoms with van der Waals surface area (Å²) in [5, 5.41) is 2.12. The zero-order valence-corrected chi connectivity index (χ0v) is 15.1. The fourth-order valence-corrected chi connectivity index (χ4v) is 3.61. The third-order valence-corrected chi connectivity index (χ3v) is 4.90. The third kappa shape index (κ3) is 2.93. The number of halogens is 3. The molecule has 0 unspecified atom stereocenters. The lowest BCUT2D eigenvalue weighted by Crippen LogP contribution is -2.17. The second-order valence-electron chi connectivity index (χ2n) is 6.69. The molecule has 2 aromatic heterocycles. The van der Waals surface area contributed by atoms with Gasteiger partial charge in [0.2, 0.25) is 0 Å². The van der Waals surface area contributed by atoms with Gasteiger partial charge in [0.25, 0.3) is 0 Å². The predicted molar refractivity (Wildman–Crippen MR) is 107 cm³/mol. The van der Waals surface area contributed by atoms with Crippen LogP contribution in [0.2, 0.25) is 0 Å². The Morgan fingerprint density at radius 3 is 2.31 bits per heavy atom. The highest BCUT2D eigenvalue weighted by Gasteiger charge is 2.35. The Morgan fingerprint density at radius 1 is 0.759 bits per heavy atom. The van der Waals surface area contributed by atoms with Crippen LogP contribution >= 0.6 is 0 Å². The molecular weight excluding hydrogens is 375 g/mol. The summed E-state index contributed by atoms with van der Waals surface area (Å²) < 4.78 is 41.5. The van der Waals surface area contributed by atoms with Gasteiger partial charge in [-0.05, 0) is 35.0 Å². The molecule has 0 amide bonds. The largest absolute Gasteiger partial charge is 0.490 e. The number of aromatic nitrogens is 3. The smallest absolute Gasteiger partial charge is 0.255 e. The maximum atomic E-state index is 13.7. The van der Waals surface area contributed by atoms with E-state index in [4.69, 9.17) is 0 Å². The Kier molecular flexibility index (Phi) is 3.87. The second kappa shape index (κ2) is 6.44. The number of hydrogen-bond donors (Lipinski definition) is 0. The summed E-state index contributed by atoms with van der Waals surface area (Å²) in [6.45, 7) is 0. The summed E-state index contributed by atoms with van der Waals surface area (Å²) in [6, 6.07) is 23.4. The van der Waals surface area contributed by atoms with Gasteiger partial charge < -0.3 is 0 Å². The van der Waals surface area contributed by atoms with Crippen molar-refractivity contribution in [1.82, 2.24) is 14.5 Å². The highest BCUT2D eigenvalue weighted by atomic mass is 19.4. The Morgan fingerprint density at radius 2 is 1.52 bits per heavy atom. The summed E-state index contributed by atoms with van der Waals surface area (Å²) in [4.78, 5) is 8.65. The van der Waals surface area contributed by atoms with Crippen molar-refractivity contribution in [1.29, 1.82) is 0 Å². The van der Waals surface area contributed by atoms with Crippen LogP contribution in [0.15, 0.2) is 85.1 Å². The topological polar surface area (TPSA) is 30.7 Å². The van der Waals surface area contributed by atoms with Crippen LogP contribution in [0.4, 0.5) is 13.2 Å². The van der Waals surface area contributed by atoms with Crippen LogP contribution < -0.4 is 0 Å². The molecule has 0 fully saturated rings. The zero-order valence-electron chi connectivity index (χ0n) is 15.1. The van der Waals surface area contributed by atoms with E-state index in [0.29, 0.717) is 15.8 Å². The molecule has 0 aliphatic rings. The number of hydrogen-bond acceptors (Lipinski definition) is 2. The first kappa shape index (κ1) is 17.4. The maximum absolute atomic E-state index is 13.7. The van der Waals surface area contributed by atoms with Gasteiger partial charge in [0, 0.05) is 17.3 Å². The first-order chi connectivity index (χ1) is 14.0. The van der Waals surface area contributed by atoms with E-state index < -0.39 is 6.30 Å². The van der Waals surface area contributed by atoms with E-state index in [1.165, 1.54) is 12.3 Å². The molecule has 0 atom stereocenters. The van der Waals surface area contributed by atoms with Crippen LogP contribution in [0.3, 0.4) is 0 Å². The van der Waals surface area contributed by atoms with Gasteiger partial charge >= 0.3 is 6.30 Å². The minimum Gasteiger partial charge on any atom is -0.255 e. The first-order valence-corrected chi connectivity index (χ1v) is 9.01. The van der Waals surface area contributed by atoms with Gasteiger partial charge in [0.15, 0.2) is 0 Å². The second-order valence-corrected chi connectivity index (χ2v) is 6.69. The number of pyridine rings is 1. The highest BCUT2D eigenvalue weighted by Crippen LogP contribution is 2.35. The van der Waals surface area contributed by atoms with Crippen molar-refractivity contribution in [2.24, 2.45) is 0 Å². The van der Waals surface area contributed by atoms with Gasteiger partial charge in [0.05, 0.1) is 16.7 Å². The number of alkyl halides is 3. The lowest BCUT2D eigenvalue weighted by Gasteiger charge is -2.13. The molecule has 0 radical (unpaired) electrons. The minimum absolute atomic E-state index is 0.0214. The van der Waals surface area contributed by atoms with E-state index in [1.54, 1.807) is 30.3 Å². The van der Waals surface area contributed by atoms with Gasteiger partial charge in [0.1, 0.15) is 5.82 Å². The van der Waals surface area contributed by atoms with Gasteiger partial charge in [-0.25, -0.2) is 9.55 Å². The number of rotatable bonds is 2. The van der Waals surface area contributed by atoms with E-state index in [1.807, 2.05) is 42.5 Å². The molecule has 0 bridgehead atoms. The average molecular weight is 389 g/mol. The highest BCUT2D eigenvalue weighted by molar-refractivity contribution is 5.95. The Bertz CT molecular complexity index is 1330. The molecule has 0 spiro atoms. The van der Waals surface area contributed by atoms with Crippen molar-refractivity contribution in [3.05, 3.63) is 85.1 Å². The predicted octanol–water partition coefficient (Wildman–Crippen LogP) is 6.39.